The minimum absolute atomic E-state index is 0.449. The smallest absolute Gasteiger partial charge is 0.127 e. The Balaban J connectivity index is 3.23. The highest BCUT2D eigenvalue weighted by Crippen LogP contribution is 2.29. The van der Waals surface area contributed by atoms with Crippen LogP contribution in [0.4, 0.5) is 5.69 Å². The van der Waals surface area contributed by atoms with E-state index in [0.717, 1.165) is 29.0 Å². The molecule has 0 radical (unpaired) electrons. The van der Waals surface area contributed by atoms with Gasteiger partial charge in [-0.25, -0.2) is 0 Å². The first-order chi connectivity index (χ1) is 9.67. The lowest BCUT2D eigenvalue weighted by atomic mass is 10.0. The maximum absolute atomic E-state index is 5.94. The van der Waals surface area contributed by atoms with Gasteiger partial charge in [0.2, 0.25) is 0 Å². The van der Waals surface area contributed by atoms with Crippen molar-refractivity contribution in [2.45, 2.75) is 20.3 Å². The third kappa shape index (κ3) is 4.06. The van der Waals surface area contributed by atoms with Crippen molar-refractivity contribution in [2.24, 2.45) is 15.7 Å². The second-order valence-corrected chi connectivity index (χ2v) is 4.17. The van der Waals surface area contributed by atoms with Crippen LogP contribution in [-0.4, -0.2) is 39.4 Å². The summed E-state index contributed by atoms with van der Waals surface area (Å²) in [6, 6.07) is 3.90. The minimum Gasteiger partial charge on any atom is -0.491 e. The molecule has 0 fully saturated rings. The number of aryl methyl sites for hydroxylation is 1. The van der Waals surface area contributed by atoms with Crippen LogP contribution < -0.4 is 10.5 Å². The second kappa shape index (κ2) is 8.32. The molecule has 0 atom stereocenters. The van der Waals surface area contributed by atoms with Gasteiger partial charge in [0.25, 0.3) is 0 Å². The molecule has 0 spiro atoms. The van der Waals surface area contributed by atoms with Crippen LogP contribution in [0.3, 0.4) is 0 Å². The molecule has 20 heavy (non-hydrogen) atoms. The van der Waals surface area contributed by atoms with E-state index >= 15 is 0 Å². The first kappa shape index (κ1) is 16.2. The molecule has 1 aromatic carbocycles. The molecule has 5 nitrogen and oxygen atoms in total. The van der Waals surface area contributed by atoms with Gasteiger partial charge in [0.15, 0.2) is 0 Å². The maximum atomic E-state index is 5.94. The van der Waals surface area contributed by atoms with Crippen molar-refractivity contribution < 1.29 is 9.47 Å². The van der Waals surface area contributed by atoms with Crippen LogP contribution in [-0.2, 0) is 11.2 Å². The lowest BCUT2D eigenvalue weighted by Gasteiger charge is -2.14. The Morgan fingerprint density at radius 2 is 2.10 bits per heavy atom. The number of nitrogens with zero attached hydrogens (tertiary/aromatic N) is 2. The molecule has 0 aromatic heterocycles. The molecule has 1 aromatic rings. The predicted molar refractivity (Wildman–Crippen MR) is 83.7 cm³/mol. The Morgan fingerprint density at radius 1 is 1.35 bits per heavy atom. The summed E-state index contributed by atoms with van der Waals surface area (Å²) in [6.07, 6.45) is 2.60. The number of ether oxygens (including phenoxy) is 2. The third-order valence-corrected chi connectivity index (χ3v) is 2.89. The van der Waals surface area contributed by atoms with Crippen molar-refractivity contribution in [3.63, 3.8) is 0 Å². The van der Waals surface area contributed by atoms with Crippen molar-refractivity contribution in [1.82, 2.24) is 0 Å². The normalized spacial score (nSPS) is 12.1. The van der Waals surface area contributed by atoms with E-state index in [-0.39, 0.29) is 0 Å². The molecular weight excluding hydrogens is 254 g/mol. The van der Waals surface area contributed by atoms with Gasteiger partial charge in [0, 0.05) is 25.9 Å². The Labute approximate surface area is 120 Å². The van der Waals surface area contributed by atoms with Gasteiger partial charge in [-0.05, 0) is 31.0 Å². The SMILES string of the molecule is C/C=N/c1cc(CC)c(OCCOC)cc1/C(N)=N\C. The molecule has 5 heteroatoms. The zero-order valence-corrected chi connectivity index (χ0v) is 12.6. The number of rotatable bonds is 7. The zero-order chi connectivity index (χ0) is 15.0. The van der Waals surface area contributed by atoms with Gasteiger partial charge in [-0.1, -0.05) is 6.92 Å². The first-order valence-corrected chi connectivity index (χ1v) is 6.67. The van der Waals surface area contributed by atoms with E-state index in [1.54, 1.807) is 20.4 Å². The van der Waals surface area contributed by atoms with Crippen LogP contribution >= 0.6 is 0 Å². The summed E-state index contributed by atoms with van der Waals surface area (Å²) in [5.74, 6) is 1.26. The molecule has 0 heterocycles. The van der Waals surface area contributed by atoms with E-state index < -0.39 is 0 Å². The summed E-state index contributed by atoms with van der Waals surface area (Å²) >= 11 is 0. The minimum atomic E-state index is 0.449. The monoisotopic (exact) mass is 277 g/mol. The molecule has 0 amide bonds. The highest BCUT2D eigenvalue weighted by atomic mass is 16.5. The zero-order valence-electron chi connectivity index (χ0n) is 12.6. The van der Waals surface area contributed by atoms with E-state index in [1.807, 2.05) is 19.1 Å². The fraction of sp³-hybridized carbons (Fsp3) is 0.467. The summed E-state index contributed by atoms with van der Waals surface area (Å²) in [7, 11) is 3.31. The summed E-state index contributed by atoms with van der Waals surface area (Å²) in [4.78, 5) is 8.39. The highest BCUT2D eigenvalue weighted by molar-refractivity contribution is 6.02. The van der Waals surface area contributed by atoms with Crippen molar-refractivity contribution in [2.75, 3.05) is 27.4 Å². The maximum Gasteiger partial charge on any atom is 0.127 e. The average Bonchev–Trinajstić information content (AvgIpc) is 2.47. The largest absolute Gasteiger partial charge is 0.491 e. The van der Waals surface area contributed by atoms with Gasteiger partial charge in [0.05, 0.1) is 12.3 Å². The summed E-state index contributed by atoms with van der Waals surface area (Å²) in [5.41, 5.74) is 8.63. The van der Waals surface area contributed by atoms with Gasteiger partial charge in [-0.3, -0.25) is 9.98 Å². The standard InChI is InChI=1S/C15H23N3O2/c1-5-11-9-13(18-6-2)12(15(16)17-3)10-14(11)20-8-7-19-4/h6,9-10H,5,7-8H2,1-4H3,(H2,16,17)/b18-6+. The molecule has 0 aliphatic heterocycles. The highest BCUT2D eigenvalue weighted by Gasteiger charge is 2.12. The Bertz CT molecular complexity index is 496. The molecule has 110 valence electrons. The molecule has 0 aliphatic rings. The topological polar surface area (TPSA) is 69.2 Å². The Kier molecular flexibility index (Phi) is 6.73. The van der Waals surface area contributed by atoms with Gasteiger partial charge >= 0.3 is 0 Å². The molecule has 0 saturated carbocycles. The fourth-order valence-corrected chi connectivity index (χ4v) is 1.83. The quantitative estimate of drug-likeness (QED) is 0.472. The summed E-state index contributed by atoms with van der Waals surface area (Å²) in [5, 5.41) is 0. The molecule has 0 unspecified atom stereocenters. The third-order valence-electron chi connectivity index (χ3n) is 2.89. The van der Waals surface area contributed by atoms with E-state index in [4.69, 9.17) is 15.2 Å². The lowest BCUT2D eigenvalue weighted by Crippen LogP contribution is -2.14. The predicted octanol–water partition coefficient (Wildman–Crippen LogP) is 2.33. The average molecular weight is 277 g/mol. The number of amidine groups is 1. The summed E-state index contributed by atoms with van der Waals surface area (Å²) in [6.45, 7) is 5.00. The van der Waals surface area contributed by atoms with Crippen LogP contribution in [0.25, 0.3) is 0 Å². The van der Waals surface area contributed by atoms with Gasteiger partial charge in [-0.2, -0.15) is 0 Å². The number of benzene rings is 1. The number of aliphatic imine (C=N–C) groups is 2. The number of hydrogen-bond acceptors (Lipinski definition) is 4. The van der Waals surface area contributed by atoms with Gasteiger partial charge in [0.1, 0.15) is 18.2 Å². The number of methoxy groups -OCH3 is 1. The van der Waals surface area contributed by atoms with E-state index in [1.165, 1.54) is 0 Å². The van der Waals surface area contributed by atoms with Gasteiger partial charge < -0.3 is 15.2 Å². The Hall–Kier alpha value is -1.88. The second-order valence-electron chi connectivity index (χ2n) is 4.17. The van der Waals surface area contributed by atoms with E-state index in [0.29, 0.717) is 19.0 Å². The fourth-order valence-electron chi connectivity index (χ4n) is 1.83. The van der Waals surface area contributed by atoms with Crippen LogP contribution in [0.5, 0.6) is 5.75 Å². The first-order valence-electron chi connectivity index (χ1n) is 6.67. The van der Waals surface area contributed by atoms with Crippen molar-refractivity contribution in [3.8, 4) is 5.75 Å². The molecule has 0 aliphatic carbocycles. The summed E-state index contributed by atoms with van der Waals surface area (Å²) < 4.78 is 10.8. The van der Waals surface area contributed by atoms with Crippen LogP contribution in [0.15, 0.2) is 22.1 Å². The van der Waals surface area contributed by atoms with Crippen LogP contribution in [0, 0.1) is 0 Å². The molecule has 2 N–H and O–H groups in total. The van der Waals surface area contributed by atoms with Gasteiger partial charge in [-0.15, -0.1) is 0 Å². The van der Waals surface area contributed by atoms with Crippen LogP contribution in [0.1, 0.15) is 25.0 Å². The molecule has 0 saturated heterocycles. The van der Waals surface area contributed by atoms with E-state index in [9.17, 15) is 0 Å². The lowest BCUT2D eigenvalue weighted by molar-refractivity contribution is 0.146. The number of hydrogen-bond donors (Lipinski definition) is 1. The Morgan fingerprint density at radius 3 is 2.65 bits per heavy atom. The van der Waals surface area contributed by atoms with Crippen molar-refractivity contribution >= 4 is 17.7 Å². The molecular formula is C15H23N3O2. The molecule has 1 rings (SSSR count). The van der Waals surface area contributed by atoms with Crippen molar-refractivity contribution in [1.29, 1.82) is 0 Å². The van der Waals surface area contributed by atoms with E-state index in [2.05, 4.69) is 16.9 Å². The van der Waals surface area contributed by atoms with Crippen molar-refractivity contribution in [3.05, 3.63) is 23.3 Å². The molecule has 0 bridgehead atoms. The number of nitrogens with two attached hydrogens (primary N) is 1. The van der Waals surface area contributed by atoms with Crippen LogP contribution in [0.2, 0.25) is 0 Å².